The minimum atomic E-state index is -0.0535. The summed E-state index contributed by atoms with van der Waals surface area (Å²) in [5.41, 5.74) is 11.1. The van der Waals surface area contributed by atoms with Gasteiger partial charge in [-0.2, -0.15) is 0 Å². The van der Waals surface area contributed by atoms with E-state index in [4.69, 9.17) is 5.73 Å². The number of nitrogen functional groups attached to an aromatic ring is 1. The van der Waals surface area contributed by atoms with Crippen LogP contribution < -0.4 is 11.1 Å². The normalized spacial score (nSPS) is 10.3. The first-order chi connectivity index (χ1) is 9.88. The summed E-state index contributed by atoms with van der Waals surface area (Å²) in [4.78, 5) is 13.8. The Morgan fingerprint density at radius 2 is 1.76 bits per heavy atom. The third-order valence-electron chi connectivity index (χ3n) is 3.33. The number of nitrogens with one attached hydrogen (secondary N) is 1. The molecule has 0 fully saturated rings. The molecule has 110 valence electrons. The summed E-state index contributed by atoms with van der Waals surface area (Å²) >= 11 is 0. The van der Waals surface area contributed by atoms with Gasteiger partial charge in [-0.15, -0.1) is 0 Å². The van der Waals surface area contributed by atoms with Crippen molar-refractivity contribution in [3.05, 3.63) is 53.1 Å². The molecule has 4 nitrogen and oxygen atoms in total. The molecule has 21 heavy (non-hydrogen) atoms. The van der Waals surface area contributed by atoms with Gasteiger partial charge < -0.3 is 16.0 Å². The first-order valence-corrected chi connectivity index (χ1v) is 6.84. The van der Waals surface area contributed by atoms with E-state index in [0.717, 1.165) is 16.9 Å². The second kappa shape index (κ2) is 5.87. The fourth-order valence-electron chi connectivity index (χ4n) is 2.19. The van der Waals surface area contributed by atoms with Gasteiger partial charge >= 0.3 is 0 Å². The summed E-state index contributed by atoms with van der Waals surface area (Å²) in [6, 6.07) is 11.4. The number of hydrogen-bond acceptors (Lipinski definition) is 3. The lowest BCUT2D eigenvalue weighted by molar-refractivity contribution is 0.0828. The number of carbonyl (C=O) groups is 1. The monoisotopic (exact) mass is 283 g/mol. The number of anilines is 3. The van der Waals surface area contributed by atoms with Gasteiger partial charge in [0.1, 0.15) is 0 Å². The van der Waals surface area contributed by atoms with E-state index in [2.05, 4.69) is 18.3 Å². The van der Waals surface area contributed by atoms with Gasteiger partial charge in [0.05, 0.1) is 11.3 Å². The highest BCUT2D eigenvalue weighted by molar-refractivity contribution is 6.00. The lowest BCUT2D eigenvalue weighted by atomic mass is 10.1. The van der Waals surface area contributed by atoms with Gasteiger partial charge in [0.2, 0.25) is 0 Å². The molecule has 0 aromatic heterocycles. The van der Waals surface area contributed by atoms with Crippen molar-refractivity contribution in [2.45, 2.75) is 13.8 Å². The number of hydrogen-bond donors (Lipinski definition) is 2. The fraction of sp³-hybridized carbons (Fsp3) is 0.235. The van der Waals surface area contributed by atoms with Crippen LogP contribution in [0.1, 0.15) is 21.5 Å². The highest BCUT2D eigenvalue weighted by Gasteiger charge is 2.14. The molecule has 0 unspecified atom stereocenters. The predicted molar refractivity (Wildman–Crippen MR) is 88.1 cm³/mol. The molecular formula is C17H21N3O. The summed E-state index contributed by atoms with van der Waals surface area (Å²) in [7, 11) is 3.47. The zero-order valence-corrected chi connectivity index (χ0v) is 12.9. The van der Waals surface area contributed by atoms with Crippen molar-refractivity contribution < 1.29 is 4.79 Å². The summed E-state index contributed by atoms with van der Waals surface area (Å²) in [5.74, 6) is -0.0535. The fourth-order valence-corrected chi connectivity index (χ4v) is 2.19. The largest absolute Gasteiger partial charge is 0.399 e. The van der Waals surface area contributed by atoms with Crippen molar-refractivity contribution in [1.82, 2.24) is 4.90 Å². The lowest BCUT2D eigenvalue weighted by Crippen LogP contribution is -2.22. The Kier molecular flexibility index (Phi) is 4.17. The zero-order chi connectivity index (χ0) is 15.6. The first kappa shape index (κ1) is 14.9. The Balaban J connectivity index is 2.43. The number of amides is 1. The summed E-state index contributed by atoms with van der Waals surface area (Å²) in [6.45, 7) is 4.09. The predicted octanol–water partition coefficient (Wildman–Crippen LogP) is 3.33. The lowest BCUT2D eigenvalue weighted by Gasteiger charge is -2.17. The second-order valence-corrected chi connectivity index (χ2v) is 5.45. The van der Waals surface area contributed by atoms with E-state index < -0.39 is 0 Å². The number of benzene rings is 2. The Labute approximate surface area is 125 Å². The molecule has 0 heterocycles. The van der Waals surface area contributed by atoms with E-state index in [1.807, 2.05) is 19.1 Å². The Bertz CT molecular complexity index is 678. The van der Waals surface area contributed by atoms with Crippen LogP contribution in [0.4, 0.5) is 17.1 Å². The van der Waals surface area contributed by atoms with Crippen LogP contribution in [0.3, 0.4) is 0 Å². The molecule has 3 N–H and O–H groups in total. The van der Waals surface area contributed by atoms with Crippen LogP contribution in [0, 0.1) is 13.8 Å². The highest BCUT2D eigenvalue weighted by Crippen LogP contribution is 2.26. The molecular weight excluding hydrogens is 262 g/mol. The average molecular weight is 283 g/mol. The van der Waals surface area contributed by atoms with Gasteiger partial charge in [-0.05, 0) is 43.7 Å². The zero-order valence-electron chi connectivity index (χ0n) is 12.9. The molecule has 0 aliphatic carbocycles. The van der Waals surface area contributed by atoms with Gasteiger partial charge in [-0.1, -0.05) is 17.7 Å². The van der Waals surface area contributed by atoms with Gasteiger partial charge in [0.25, 0.3) is 5.91 Å². The Morgan fingerprint density at radius 3 is 2.38 bits per heavy atom. The van der Waals surface area contributed by atoms with Crippen LogP contribution in [-0.2, 0) is 0 Å². The van der Waals surface area contributed by atoms with E-state index in [1.165, 1.54) is 5.56 Å². The molecule has 2 rings (SSSR count). The Morgan fingerprint density at radius 1 is 1.05 bits per heavy atom. The molecule has 2 aromatic rings. The quantitative estimate of drug-likeness (QED) is 0.849. The van der Waals surface area contributed by atoms with E-state index in [-0.39, 0.29) is 5.91 Å². The van der Waals surface area contributed by atoms with E-state index in [9.17, 15) is 4.79 Å². The third kappa shape index (κ3) is 3.34. The summed E-state index contributed by atoms with van der Waals surface area (Å²) in [5, 5.41) is 3.32. The SMILES string of the molecule is Cc1ccc(Nc2cc(N)ccc2C(=O)N(C)C)c(C)c1. The maximum Gasteiger partial charge on any atom is 0.255 e. The number of nitrogens with zero attached hydrogens (tertiary/aromatic N) is 1. The second-order valence-electron chi connectivity index (χ2n) is 5.45. The Hall–Kier alpha value is -2.49. The molecule has 0 saturated carbocycles. The van der Waals surface area contributed by atoms with Crippen LogP contribution in [0.5, 0.6) is 0 Å². The number of aryl methyl sites for hydroxylation is 2. The number of nitrogens with two attached hydrogens (primary N) is 1. The molecule has 0 saturated heterocycles. The van der Waals surface area contributed by atoms with Crippen LogP contribution in [0.2, 0.25) is 0 Å². The van der Waals surface area contributed by atoms with Crippen molar-refractivity contribution in [1.29, 1.82) is 0 Å². The molecule has 0 bridgehead atoms. The number of rotatable bonds is 3. The van der Waals surface area contributed by atoms with Crippen molar-refractivity contribution in [2.24, 2.45) is 0 Å². The van der Waals surface area contributed by atoms with Gasteiger partial charge in [-0.3, -0.25) is 4.79 Å². The highest BCUT2D eigenvalue weighted by atomic mass is 16.2. The topological polar surface area (TPSA) is 58.4 Å². The first-order valence-electron chi connectivity index (χ1n) is 6.84. The molecule has 4 heteroatoms. The molecule has 0 aliphatic rings. The van der Waals surface area contributed by atoms with E-state index in [0.29, 0.717) is 11.3 Å². The van der Waals surface area contributed by atoms with Crippen molar-refractivity contribution >= 4 is 23.0 Å². The maximum atomic E-state index is 12.3. The third-order valence-corrected chi connectivity index (χ3v) is 3.33. The van der Waals surface area contributed by atoms with Gasteiger partial charge in [-0.25, -0.2) is 0 Å². The summed E-state index contributed by atoms with van der Waals surface area (Å²) < 4.78 is 0. The van der Waals surface area contributed by atoms with Crippen LogP contribution in [0.25, 0.3) is 0 Å². The van der Waals surface area contributed by atoms with Gasteiger partial charge in [0.15, 0.2) is 0 Å². The standard InChI is InChI=1S/C17H21N3O/c1-11-5-8-15(12(2)9-11)19-16-10-13(18)6-7-14(16)17(21)20(3)4/h5-10,19H,18H2,1-4H3. The van der Waals surface area contributed by atoms with E-state index >= 15 is 0 Å². The minimum absolute atomic E-state index is 0.0535. The molecule has 1 amide bonds. The molecule has 2 aromatic carbocycles. The van der Waals surface area contributed by atoms with Crippen molar-refractivity contribution in [3.63, 3.8) is 0 Å². The minimum Gasteiger partial charge on any atom is -0.399 e. The van der Waals surface area contributed by atoms with Gasteiger partial charge in [0, 0.05) is 25.5 Å². The molecule has 0 spiro atoms. The number of carbonyl (C=O) groups excluding carboxylic acids is 1. The molecule has 0 aliphatic heterocycles. The average Bonchev–Trinajstić information content (AvgIpc) is 2.41. The summed E-state index contributed by atoms with van der Waals surface area (Å²) in [6.07, 6.45) is 0. The maximum absolute atomic E-state index is 12.3. The van der Waals surface area contributed by atoms with Crippen LogP contribution in [-0.4, -0.2) is 24.9 Å². The van der Waals surface area contributed by atoms with E-state index in [1.54, 1.807) is 37.2 Å². The van der Waals surface area contributed by atoms with Crippen LogP contribution >= 0.6 is 0 Å². The van der Waals surface area contributed by atoms with Crippen molar-refractivity contribution in [2.75, 3.05) is 25.1 Å². The van der Waals surface area contributed by atoms with Crippen LogP contribution in [0.15, 0.2) is 36.4 Å². The molecule has 0 radical (unpaired) electrons. The van der Waals surface area contributed by atoms with Crippen molar-refractivity contribution in [3.8, 4) is 0 Å². The smallest absolute Gasteiger partial charge is 0.255 e. The molecule has 0 atom stereocenters.